The topological polar surface area (TPSA) is 104 Å². The predicted molar refractivity (Wildman–Crippen MR) is 58.6 cm³/mol. The summed E-state index contributed by atoms with van der Waals surface area (Å²) in [7, 11) is -10.6. The van der Waals surface area contributed by atoms with Gasteiger partial charge in [0, 0.05) is 11.8 Å². The first-order valence-corrected chi connectivity index (χ1v) is 8.76. The van der Waals surface area contributed by atoms with Crippen LogP contribution >= 0.6 is 0 Å². The monoisotopic (exact) mass is 350 g/mol. The van der Waals surface area contributed by atoms with Crippen LogP contribution in [0.1, 0.15) is 12.8 Å². The van der Waals surface area contributed by atoms with Crippen LogP contribution < -0.4 is 0 Å². The average molecular weight is 350 g/mol. The Bertz CT molecular complexity index is 699. The van der Waals surface area contributed by atoms with Gasteiger partial charge in [0.25, 0.3) is 10.1 Å². The molecule has 2 aliphatic carbocycles. The number of fused-ring (bicyclic) bond motifs is 1. The minimum atomic E-state index is -6.49. The molecular weight excluding hydrogens is 341 g/mol. The number of carbonyl (C=O) groups is 1. The van der Waals surface area contributed by atoms with Gasteiger partial charge in [-0.15, -0.1) is 0 Å². The van der Waals surface area contributed by atoms with E-state index >= 15 is 0 Å². The van der Waals surface area contributed by atoms with E-state index < -0.39 is 60.9 Å². The van der Waals surface area contributed by atoms with Gasteiger partial charge in [-0.3, -0.25) is 4.18 Å². The molecule has 3 aliphatic rings. The molecule has 7 nitrogen and oxygen atoms in total. The van der Waals surface area contributed by atoms with Crippen LogP contribution in [0.15, 0.2) is 0 Å². The van der Waals surface area contributed by atoms with Gasteiger partial charge in [-0.1, -0.05) is 3.89 Å². The van der Waals surface area contributed by atoms with Gasteiger partial charge in [-0.2, -0.15) is 25.6 Å². The molecule has 2 saturated carbocycles. The van der Waals surface area contributed by atoms with Gasteiger partial charge in [0.1, 0.15) is 11.4 Å². The van der Waals surface area contributed by atoms with Crippen molar-refractivity contribution in [1.29, 1.82) is 0 Å². The summed E-state index contributed by atoms with van der Waals surface area (Å²) in [5.74, 6) is -3.61. The normalized spacial score (nSPS) is 40.4. The lowest BCUT2D eigenvalue weighted by Gasteiger charge is -2.25. The van der Waals surface area contributed by atoms with E-state index in [2.05, 4.69) is 4.74 Å². The van der Waals surface area contributed by atoms with Crippen LogP contribution in [-0.4, -0.2) is 45.5 Å². The number of alkyl halides is 2. The Morgan fingerprint density at radius 3 is 2.48 bits per heavy atom. The number of hydrogen-bond acceptors (Lipinski definition) is 7. The summed E-state index contributed by atoms with van der Waals surface area (Å²) in [4.78, 5) is 11.2. The smallest absolute Gasteiger partial charge is 0.455 e. The number of rotatable bonds is 3. The molecule has 21 heavy (non-hydrogen) atoms. The van der Waals surface area contributed by atoms with Crippen LogP contribution in [0.25, 0.3) is 0 Å². The van der Waals surface area contributed by atoms with Crippen molar-refractivity contribution in [3.63, 3.8) is 0 Å². The second-order valence-electron chi connectivity index (χ2n) is 5.31. The molecule has 0 aromatic heterocycles. The first kappa shape index (κ1) is 15.0. The molecule has 120 valence electrons. The molecule has 2 bridgehead atoms. The van der Waals surface area contributed by atoms with Crippen molar-refractivity contribution >= 4 is 26.3 Å². The van der Waals surface area contributed by atoms with Gasteiger partial charge < -0.3 is 4.74 Å². The minimum absolute atomic E-state index is 0.201. The van der Waals surface area contributed by atoms with Crippen LogP contribution in [0.4, 0.5) is 12.7 Å². The quantitative estimate of drug-likeness (QED) is 0.399. The van der Waals surface area contributed by atoms with Crippen molar-refractivity contribution < 1.29 is 43.2 Å². The molecule has 0 spiro atoms. The third-order valence-corrected chi connectivity index (χ3v) is 6.75. The zero-order valence-corrected chi connectivity index (χ0v) is 11.7. The number of halogens is 3. The van der Waals surface area contributed by atoms with Crippen molar-refractivity contribution in [2.45, 2.75) is 35.6 Å². The molecule has 5 unspecified atom stereocenters. The maximum absolute atomic E-state index is 13.0. The van der Waals surface area contributed by atoms with E-state index in [1.54, 1.807) is 0 Å². The van der Waals surface area contributed by atoms with Crippen LogP contribution in [0, 0.1) is 11.8 Å². The standard InChI is InChI=1S/C9H9F3O7S2/c10-9(11,21(12,16)17)8(13)18-6-3-1-4-5(2-3)19-20(14,15)7(4)6/h3-7H,1-2H2. The molecule has 0 radical (unpaired) electrons. The van der Waals surface area contributed by atoms with Crippen molar-refractivity contribution in [3.05, 3.63) is 0 Å². The lowest BCUT2D eigenvalue weighted by atomic mass is 9.95. The number of hydrogen-bond donors (Lipinski definition) is 0. The molecule has 0 N–H and O–H groups in total. The highest BCUT2D eigenvalue weighted by atomic mass is 32.3. The lowest BCUT2D eigenvalue weighted by molar-refractivity contribution is -0.169. The summed E-state index contributed by atoms with van der Waals surface area (Å²) in [5.41, 5.74) is 0. The molecule has 3 rings (SSSR count). The van der Waals surface area contributed by atoms with E-state index in [0.717, 1.165) is 0 Å². The van der Waals surface area contributed by atoms with Gasteiger partial charge in [0.2, 0.25) is 0 Å². The van der Waals surface area contributed by atoms with Crippen LogP contribution in [0.5, 0.6) is 0 Å². The van der Waals surface area contributed by atoms with Gasteiger partial charge in [-0.25, -0.2) is 4.79 Å². The number of ether oxygens (including phenoxy) is 1. The number of carbonyl (C=O) groups excluding carboxylic acids is 1. The molecule has 0 aromatic rings. The minimum Gasteiger partial charge on any atom is -0.455 e. The van der Waals surface area contributed by atoms with Crippen LogP contribution in [0.2, 0.25) is 0 Å². The Kier molecular flexibility index (Phi) is 2.94. The molecular formula is C9H9F3O7S2. The first-order valence-electron chi connectivity index (χ1n) is 5.90. The van der Waals surface area contributed by atoms with Crippen molar-refractivity contribution in [2.75, 3.05) is 0 Å². The maximum Gasteiger partial charge on any atom is 0.470 e. The maximum atomic E-state index is 13.0. The Hall–Kier alpha value is -0.880. The summed E-state index contributed by atoms with van der Waals surface area (Å²) < 4.78 is 91.6. The molecule has 1 aliphatic heterocycles. The molecule has 1 saturated heterocycles. The van der Waals surface area contributed by atoms with E-state index in [4.69, 9.17) is 4.18 Å². The van der Waals surface area contributed by atoms with Crippen molar-refractivity contribution in [1.82, 2.24) is 0 Å². The Balaban J connectivity index is 1.85. The summed E-state index contributed by atoms with van der Waals surface area (Å²) in [5, 5.41) is -6.67. The Morgan fingerprint density at radius 1 is 1.29 bits per heavy atom. The molecule has 3 fully saturated rings. The fourth-order valence-corrected chi connectivity index (χ4v) is 5.64. The summed E-state index contributed by atoms with van der Waals surface area (Å²) >= 11 is 0. The second kappa shape index (κ2) is 4.10. The van der Waals surface area contributed by atoms with Crippen LogP contribution in [-0.2, 0) is 34.1 Å². The molecule has 0 amide bonds. The van der Waals surface area contributed by atoms with E-state index in [-0.39, 0.29) is 6.42 Å². The van der Waals surface area contributed by atoms with Gasteiger partial charge >= 0.3 is 21.4 Å². The fourth-order valence-electron chi connectivity index (χ4n) is 3.38. The van der Waals surface area contributed by atoms with E-state index in [0.29, 0.717) is 6.42 Å². The lowest BCUT2D eigenvalue weighted by Crippen LogP contribution is -2.45. The highest BCUT2D eigenvalue weighted by Gasteiger charge is 2.67. The van der Waals surface area contributed by atoms with Crippen LogP contribution in [0.3, 0.4) is 0 Å². The third-order valence-electron chi connectivity index (χ3n) is 4.18. The Morgan fingerprint density at radius 2 is 1.90 bits per heavy atom. The summed E-state index contributed by atoms with van der Waals surface area (Å²) in [6.45, 7) is 0. The molecule has 5 atom stereocenters. The third kappa shape index (κ3) is 1.99. The largest absolute Gasteiger partial charge is 0.470 e. The SMILES string of the molecule is O=C(OC1C2CC3OS(=O)(=O)C1C3C2)C(F)(F)S(=O)(=O)F. The van der Waals surface area contributed by atoms with E-state index in [1.165, 1.54) is 0 Å². The summed E-state index contributed by atoms with van der Waals surface area (Å²) in [6, 6.07) is 0. The van der Waals surface area contributed by atoms with Gasteiger partial charge in [0.05, 0.1) is 6.10 Å². The fraction of sp³-hybridized carbons (Fsp3) is 0.889. The average Bonchev–Trinajstić information content (AvgIpc) is 2.87. The highest BCUT2D eigenvalue weighted by molar-refractivity contribution is 7.88. The van der Waals surface area contributed by atoms with Gasteiger partial charge in [-0.05, 0) is 12.8 Å². The zero-order valence-electron chi connectivity index (χ0n) is 10.1. The zero-order chi connectivity index (χ0) is 15.8. The van der Waals surface area contributed by atoms with Crippen molar-refractivity contribution in [2.24, 2.45) is 11.8 Å². The van der Waals surface area contributed by atoms with E-state index in [1.807, 2.05) is 0 Å². The Labute approximate surface area is 117 Å². The molecule has 12 heteroatoms. The molecule has 0 aromatic carbocycles. The second-order valence-corrected chi connectivity index (χ2v) is 8.42. The van der Waals surface area contributed by atoms with E-state index in [9.17, 15) is 34.3 Å². The van der Waals surface area contributed by atoms with Gasteiger partial charge in [0.15, 0.2) is 0 Å². The van der Waals surface area contributed by atoms with Crippen molar-refractivity contribution in [3.8, 4) is 0 Å². The first-order chi connectivity index (χ1) is 9.45. The summed E-state index contributed by atoms with van der Waals surface area (Å²) in [6.07, 6.45) is -1.50. The predicted octanol–water partition coefficient (Wildman–Crippen LogP) is -0.0727. The highest BCUT2D eigenvalue weighted by Crippen LogP contribution is 2.55. The molecule has 1 heterocycles. The number of esters is 1.